The average molecular weight is 525 g/mol. The SMILES string of the molecule is CCOc1cc(C=c2sc3nc4ccccc4n3c2=O)c(Br)cc1OCc1cccc(F)c1. The topological polar surface area (TPSA) is 52.8 Å². The fourth-order valence-corrected chi connectivity index (χ4v) is 5.00. The first-order chi connectivity index (χ1) is 16.0. The zero-order valence-corrected chi connectivity index (χ0v) is 20.0. The molecule has 5 nitrogen and oxygen atoms in total. The summed E-state index contributed by atoms with van der Waals surface area (Å²) >= 11 is 4.92. The average Bonchev–Trinajstić information content (AvgIpc) is 3.31. The van der Waals surface area contributed by atoms with Crippen molar-refractivity contribution in [3.8, 4) is 11.5 Å². The Labute approximate surface area is 200 Å². The van der Waals surface area contributed by atoms with E-state index in [0.29, 0.717) is 27.6 Å². The lowest BCUT2D eigenvalue weighted by Crippen LogP contribution is -2.22. The molecule has 0 unspecified atom stereocenters. The van der Waals surface area contributed by atoms with Gasteiger partial charge in [0, 0.05) is 4.47 Å². The largest absolute Gasteiger partial charge is 0.490 e. The molecule has 5 rings (SSSR count). The van der Waals surface area contributed by atoms with E-state index in [0.717, 1.165) is 26.6 Å². The molecule has 0 spiro atoms. The lowest BCUT2D eigenvalue weighted by molar-refractivity contribution is 0.269. The fourth-order valence-electron chi connectivity index (χ4n) is 3.58. The van der Waals surface area contributed by atoms with Crippen LogP contribution in [0, 0.1) is 5.82 Å². The highest BCUT2D eigenvalue weighted by molar-refractivity contribution is 9.10. The van der Waals surface area contributed by atoms with Gasteiger partial charge in [0.1, 0.15) is 12.4 Å². The van der Waals surface area contributed by atoms with Gasteiger partial charge >= 0.3 is 0 Å². The summed E-state index contributed by atoms with van der Waals surface area (Å²) in [7, 11) is 0. The normalized spacial score (nSPS) is 12.0. The number of ether oxygens (including phenoxy) is 2. The molecule has 0 atom stereocenters. The van der Waals surface area contributed by atoms with Crippen molar-refractivity contribution in [1.82, 2.24) is 9.38 Å². The van der Waals surface area contributed by atoms with Crippen molar-refractivity contribution < 1.29 is 13.9 Å². The highest BCUT2D eigenvalue weighted by atomic mass is 79.9. The van der Waals surface area contributed by atoms with Crippen LogP contribution in [-0.4, -0.2) is 16.0 Å². The minimum Gasteiger partial charge on any atom is -0.490 e. The number of nitrogens with zero attached hydrogens (tertiary/aromatic N) is 2. The molecule has 0 saturated heterocycles. The van der Waals surface area contributed by atoms with Gasteiger partial charge in [-0.2, -0.15) is 0 Å². The Morgan fingerprint density at radius 2 is 1.91 bits per heavy atom. The van der Waals surface area contributed by atoms with Crippen LogP contribution in [0.15, 0.2) is 69.9 Å². The second kappa shape index (κ2) is 8.96. The van der Waals surface area contributed by atoms with Crippen molar-refractivity contribution in [2.45, 2.75) is 13.5 Å². The van der Waals surface area contributed by atoms with Crippen molar-refractivity contribution in [3.05, 3.63) is 97.0 Å². The third-order valence-corrected chi connectivity index (χ3v) is 6.73. The van der Waals surface area contributed by atoms with Gasteiger partial charge in [0.05, 0.1) is 22.2 Å². The highest BCUT2D eigenvalue weighted by Crippen LogP contribution is 2.35. The summed E-state index contributed by atoms with van der Waals surface area (Å²) in [6.45, 7) is 2.53. The lowest BCUT2D eigenvalue weighted by atomic mass is 10.2. The number of para-hydroxylation sites is 2. The second-order valence-corrected chi connectivity index (χ2v) is 9.17. The van der Waals surface area contributed by atoms with Crippen LogP contribution in [0.2, 0.25) is 0 Å². The summed E-state index contributed by atoms with van der Waals surface area (Å²) in [5.41, 5.74) is 2.98. The Balaban J connectivity index is 1.53. The summed E-state index contributed by atoms with van der Waals surface area (Å²) in [5.74, 6) is 0.762. The molecule has 2 heterocycles. The zero-order valence-electron chi connectivity index (χ0n) is 17.5. The molecule has 3 aromatic carbocycles. The third-order valence-electron chi connectivity index (χ3n) is 5.08. The van der Waals surface area contributed by atoms with Crippen LogP contribution < -0.4 is 19.6 Å². The van der Waals surface area contributed by atoms with Crippen molar-refractivity contribution in [2.24, 2.45) is 0 Å². The summed E-state index contributed by atoms with van der Waals surface area (Å²) in [4.78, 5) is 18.3. The smallest absolute Gasteiger partial charge is 0.274 e. The van der Waals surface area contributed by atoms with E-state index in [4.69, 9.17) is 9.47 Å². The Kier molecular flexibility index (Phi) is 5.86. The van der Waals surface area contributed by atoms with Gasteiger partial charge in [-0.05, 0) is 60.5 Å². The van der Waals surface area contributed by atoms with Crippen LogP contribution in [0.5, 0.6) is 11.5 Å². The molecule has 5 aromatic rings. The van der Waals surface area contributed by atoms with Crippen molar-refractivity contribution >= 4 is 49.3 Å². The maximum atomic E-state index is 13.5. The van der Waals surface area contributed by atoms with E-state index in [1.165, 1.54) is 23.5 Å². The first-order valence-electron chi connectivity index (χ1n) is 10.3. The van der Waals surface area contributed by atoms with Crippen LogP contribution in [0.4, 0.5) is 4.39 Å². The molecule has 166 valence electrons. The van der Waals surface area contributed by atoms with E-state index in [2.05, 4.69) is 20.9 Å². The maximum Gasteiger partial charge on any atom is 0.274 e. The van der Waals surface area contributed by atoms with Gasteiger partial charge in [0.15, 0.2) is 16.5 Å². The molecule has 0 N–H and O–H groups in total. The first-order valence-corrected chi connectivity index (χ1v) is 11.9. The molecule has 0 saturated carbocycles. The Morgan fingerprint density at radius 3 is 2.73 bits per heavy atom. The molecule has 0 amide bonds. The van der Waals surface area contributed by atoms with Gasteiger partial charge in [-0.1, -0.05) is 51.5 Å². The number of imidazole rings is 1. The quantitative estimate of drug-likeness (QED) is 0.301. The predicted octanol–water partition coefficient (Wildman–Crippen LogP) is 5.34. The Bertz CT molecular complexity index is 1600. The van der Waals surface area contributed by atoms with Crippen LogP contribution >= 0.6 is 27.3 Å². The molecule has 0 bridgehead atoms. The van der Waals surface area contributed by atoms with E-state index in [-0.39, 0.29) is 18.0 Å². The summed E-state index contributed by atoms with van der Waals surface area (Å²) < 4.78 is 28.1. The lowest BCUT2D eigenvalue weighted by Gasteiger charge is -2.14. The van der Waals surface area contributed by atoms with Gasteiger partial charge in [-0.15, -0.1) is 0 Å². The van der Waals surface area contributed by atoms with E-state index in [1.54, 1.807) is 22.6 Å². The number of rotatable bonds is 6. The van der Waals surface area contributed by atoms with Crippen LogP contribution in [0.3, 0.4) is 0 Å². The molecule has 33 heavy (non-hydrogen) atoms. The van der Waals surface area contributed by atoms with Gasteiger partial charge in [0.25, 0.3) is 5.56 Å². The first kappa shape index (κ1) is 21.6. The van der Waals surface area contributed by atoms with Gasteiger partial charge in [0.2, 0.25) is 0 Å². The van der Waals surface area contributed by atoms with Crippen molar-refractivity contribution in [1.29, 1.82) is 0 Å². The summed E-state index contributed by atoms with van der Waals surface area (Å²) in [5, 5.41) is 0. The number of hydrogen-bond acceptors (Lipinski definition) is 5. The van der Waals surface area contributed by atoms with Gasteiger partial charge < -0.3 is 9.47 Å². The third kappa shape index (κ3) is 4.24. The standard InChI is InChI=1S/C25H18BrFN2O3S/c1-2-31-21-11-16(18(26)13-22(21)32-14-15-6-5-7-17(27)10-15)12-23-24(30)29-20-9-4-3-8-19(20)28-25(29)33-23/h3-13H,2,14H2,1H3. The number of fused-ring (bicyclic) bond motifs is 3. The number of aromatic nitrogens is 2. The summed E-state index contributed by atoms with van der Waals surface area (Å²) in [6, 6.07) is 17.5. The molecule has 0 fully saturated rings. The van der Waals surface area contributed by atoms with E-state index in [9.17, 15) is 9.18 Å². The van der Waals surface area contributed by atoms with Crippen LogP contribution in [0.25, 0.3) is 22.1 Å². The predicted molar refractivity (Wildman–Crippen MR) is 132 cm³/mol. The minimum absolute atomic E-state index is 0.111. The van der Waals surface area contributed by atoms with E-state index < -0.39 is 0 Å². The molecule has 0 aliphatic rings. The molecule has 0 aliphatic heterocycles. The molecule has 8 heteroatoms. The molecule has 0 aliphatic carbocycles. The second-order valence-electron chi connectivity index (χ2n) is 7.31. The number of benzene rings is 3. The summed E-state index contributed by atoms with van der Waals surface area (Å²) in [6.07, 6.45) is 1.82. The van der Waals surface area contributed by atoms with Crippen molar-refractivity contribution in [2.75, 3.05) is 6.61 Å². The van der Waals surface area contributed by atoms with Gasteiger partial charge in [-0.3, -0.25) is 4.79 Å². The monoisotopic (exact) mass is 524 g/mol. The minimum atomic E-state index is -0.309. The fraction of sp³-hybridized carbons (Fsp3) is 0.120. The number of hydrogen-bond donors (Lipinski definition) is 0. The van der Waals surface area contributed by atoms with Crippen LogP contribution in [-0.2, 0) is 6.61 Å². The van der Waals surface area contributed by atoms with Gasteiger partial charge in [-0.25, -0.2) is 13.8 Å². The number of halogens is 2. The Morgan fingerprint density at radius 1 is 1.09 bits per heavy atom. The molecule has 2 aromatic heterocycles. The van der Waals surface area contributed by atoms with Crippen molar-refractivity contribution in [3.63, 3.8) is 0 Å². The Hall–Kier alpha value is -3.23. The molecular weight excluding hydrogens is 507 g/mol. The maximum absolute atomic E-state index is 13.5. The van der Waals surface area contributed by atoms with E-state index >= 15 is 0 Å². The zero-order chi connectivity index (χ0) is 22.9. The molecule has 0 radical (unpaired) electrons. The van der Waals surface area contributed by atoms with E-state index in [1.807, 2.05) is 43.3 Å². The highest BCUT2D eigenvalue weighted by Gasteiger charge is 2.13. The number of thiazole rings is 1. The van der Waals surface area contributed by atoms with Crippen LogP contribution in [0.1, 0.15) is 18.1 Å². The molecular formula is C25H18BrFN2O3S.